The van der Waals surface area contributed by atoms with Crippen LogP contribution in [0.3, 0.4) is 0 Å². The summed E-state index contributed by atoms with van der Waals surface area (Å²) in [4.78, 5) is 31.2. The number of rotatable bonds is 2. The van der Waals surface area contributed by atoms with Crippen molar-refractivity contribution in [3.05, 3.63) is 48.3 Å². The van der Waals surface area contributed by atoms with Gasteiger partial charge in [0.25, 0.3) is 0 Å². The Morgan fingerprint density at radius 2 is 1.68 bits per heavy atom. The molecule has 0 aromatic carbocycles. The van der Waals surface area contributed by atoms with Gasteiger partial charge in [-0.25, -0.2) is 9.97 Å². The molecular weight excluding hydrogens is 244 g/mol. The van der Waals surface area contributed by atoms with Crippen LogP contribution in [0, 0.1) is 6.92 Å². The first-order chi connectivity index (χ1) is 9.16. The first-order valence-corrected chi connectivity index (χ1v) is 5.62. The first kappa shape index (κ1) is 12.7. The molecule has 2 amide bonds. The fourth-order valence-corrected chi connectivity index (χ4v) is 1.39. The number of nitrogens with one attached hydrogen (secondary N) is 2. The Labute approximate surface area is 109 Å². The topological polar surface area (TPSA) is 84.0 Å². The van der Waals surface area contributed by atoms with Crippen LogP contribution in [0.2, 0.25) is 0 Å². The molecule has 0 saturated heterocycles. The van der Waals surface area contributed by atoms with Crippen LogP contribution in [0.15, 0.2) is 42.7 Å². The van der Waals surface area contributed by atoms with Gasteiger partial charge in [-0.15, -0.1) is 0 Å². The van der Waals surface area contributed by atoms with Gasteiger partial charge in [0.15, 0.2) is 0 Å². The number of pyridine rings is 2. The molecule has 6 nitrogen and oxygen atoms in total. The van der Waals surface area contributed by atoms with Crippen molar-refractivity contribution in [2.75, 3.05) is 10.6 Å². The highest BCUT2D eigenvalue weighted by molar-refractivity contribution is 6.43. The number of aromatic nitrogens is 2. The molecule has 2 aromatic rings. The van der Waals surface area contributed by atoms with Crippen LogP contribution in [-0.4, -0.2) is 21.8 Å². The van der Waals surface area contributed by atoms with Gasteiger partial charge < -0.3 is 10.6 Å². The van der Waals surface area contributed by atoms with Gasteiger partial charge in [0, 0.05) is 12.4 Å². The molecule has 96 valence electrons. The average Bonchev–Trinajstić information content (AvgIpc) is 2.42. The maximum absolute atomic E-state index is 11.7. The highest BCUT2D eigenvalue weighted by atomic mass is 16.2. The minimum Gasteiger partial charge on any atom is -0.302 e. The third kappa shape index (κ3) is 3.35. The predicted molar refractivity (Wildman–Crippen MR) is 70.5 cm³/mol. The summed E-state index contributed by atoms with van der Waals surface area (Å²) in [6, 6.07) is 8.56. The Bertz CT molecular complexity index is 599. The van der Waals surface area contributed by atoms with Gasteiger partial charge in [0.05, 0.1) is 0 Å². The SMILES string of the molecule is Cc1cccnc1NC(=O)C(=O)Nc1ccccn1. The van der Waals surface area contributed by atoms with E-state index in [1.165, 1.54) is 6.20 Å². The first-order valence-electron chi connectivity index (χ1n) is 5.62. The Morgan fingerprint density at radius 3 is 2.37 bits per heavy atom. The Morgan fingerprint density at radius 1 is 0.947 bits per heavy atom. The summed E-state index contributed by atoms with van der Waals surface area (Å²) in [5.41, 5.74) is 0.779. The number of hydrogen-bond donors (Lipinski definition) is 2. The molecule has 0 aliphatic rings. The molecule has 0 radical (unpaired) electrons. The summed E-state index contributed by atoms with van der Waals surface area (Å²) in [6.45, 7) is 1.79. The van der Waals surface area contributed by atoms with Crippen LogP contribution >= 0.6 is 0 Å². The smallest absolute Gasteiger partial charge is 0.302 e. The summed E-state index contributed by atoms with van der Waals surface area (Å²) in [5, 5.41) is 4.83. The molecular formula is C13H12N4O2. The van der Waals surface area contributed by atoms with Crippen molar-refractivity contribution in [1.82, 2.24) is 9.97 Å². The number of carbonyl (C=O) groups excluding carboxylic acids is 2. The van der Waals surface area contributed by atoms with Gasteiger partial charge >= 0.3 is 11.8 Å². The van der Waals surface area contributed by atoms with Crippen molar-refractivity contribution >= 4 is 23.5 Å². The summed E-state index contributed by atoms with van der Waals surface area (Å²) >= 11 is 0. The van der Waals surface area contributed by atoms with Gasteiger partial charge in [-0.1, -0.05) is 12.1 Å². The van der Waals surface area contributed by atoms with E-state index in [0.717, 1.165) is 5.56 Å². The van der Waals surface area contributed by atoms with E-state index in [0.29, 0.717) is 11.6 Å². The Kier molecular flexibility index (Phi) is 3.82. The van der Waals surface area contributed by atoms with Gasteiger partial charge in [-0.3, -0.25) is 9.59 Å². The van der Waals surface area contributed by atoms with Crippen molar-refractivity contribution in [1.29, 1.82) is 0 Å². The van der Waals surface area contributed by atoms with E-state index in [9.17, 15) is 9.59 Å². The van der Waals surface area contributed by atoms with Crippen molar-refractivity contribution < 1.29 is 9.59 Å². The summed E-state index contributed by atoms with van der Waals surface area (Å²) in [6.07, 6.45) is 3.07. The summed E-state index contributed by atoms with van der Waals surface area (Å²) < 4.78 is 0. The van der Waals surface area contributed by atoms with Crippen LogP contribution in [0.4, 0.5) is 11.6 Å². The van der Waals surface area contributed by atoms with Crippen molar-refractivity contribution in [3.63, 3.8) is 0 Å². The summed E-state index contributed by atoms with van der Waals surface area (Å²) in [5.74, 6) is -0.889. The third-order valence-corrected chi connectivity index (χ3v) is 2.35. The second kappa shape index (κ2) is 5.72. The normalized spacial score (nSPS) is 9.74. The van der Waals surface area contributed by atoms with Crippen LogP contribution in [0.5, 0.6) is 0 Å². The molecule has 0 aliphatic carbocycles. The highest BCUT2D eigenvalue weighted by Gasteiger charge is 2.15. The van der Waals surface area contributed by atoms with Gasteiger partial charge in [-0.2, -0.15) is 0 Å². The van der Waals surface area contributed by atoms with Gasteiger partial charge in [0.2, 0.25) is 0 Å². The molecule has 2 N–H and O–H groups in total. The van der Waals surface area contributed by atoms with Crippen LogP contribution in [0.1, 0.15) is 5.56 Å². The van der Waals surface area contributed by atoms with E-state index in [1.807, 2.05) is 0 Å². The van der Waals surface area contributed by atoms with Gasteiger partial charge in [-0.05, 0) is 30.7 Å². The Hall–Kier alpha value is -2.76. The molecule has 0 unspecified atom stereocenters. The van der Waals surface area contributed by atoms with Crippen LogP contribution in [0.25, 0.3) is 0 Å². The maximum Gasteiger partial charge on any atom is 0.315 e. The number of carbonyl (C=O) groups is 2. The quantitative estimate of drug-likeness (QED) is 0.795. The maximum atomic E-state index is 11.7. The van der Waals surface area contributed by atoms with E-state index in [4.69, 9.17) is 0 Å². The van der Waals surface area contributed by atoms with Crippen molar-refractivity contribution in [2.24, 2.45) is 0 Å². The monoisotopic (exact) mass is 256 g/mol. The number of hydrogen-bond acceptors (Lipinski definition) is 4. The molecule has 0 spiro atoms. The number of nitrogens with zero attached hydrogens (tertiary/aromatic N) is 2. The average molecular weight is 256 g/mol. The van der Waals surface area contributed by atoms with Gasteiger partial charge in [0.1, 0.15) is 11.6 Å². The van der Waals surface area contributed by atoms with E-state index in [1.54, 1.807) is 43.5 Å². The highest BCUT2D eigenvalue weighted by Crippen LogP contribution is 2.09. The minimum atomic E-state index is -0.788. The van der Waals surface area contributed by atoms with Crippen molar-refractivity contribution in [3.8, 4) is 0 Å². The molecule has 0 aliphatic heterocycles. The molecule has 19 heavy (non-hydrogen) atoms. The molecule has 0 fully saturated rings. The van der Waals surface area contributed by atoms with Crippen molar-refractivity contribution in [2.45, 2.75) is 6.92 Å². The van der Waals surface area contributed by atoms with E-state index in [2.05, 4.69) is 20.6 Å². The van der Waals surface area contributed by atoms with Crippen LogP contribution in [-0.2, 0) is 9.59 Å². The Balaban J connectivity index is 2.01. The largest absolute Gasteiger partial charge is 0.315 e. The molecule has 0 atom stereocenters. The lowest BCUT2D eigenvalue weighted by Gasteiger charge is -2.06. The molecule has 2 rings (SSSR count). The number of amides is 2. The standard InChI is InChI=1S/C13H12N4O2/c1-9-5-4-8-15-11(9)17-13(19)12(18)16-10-6-2-3-7-14-10/h2-8H,1H3,(H,14,16,18)(H,15,17,19). The zero-order valence-electron chi connectivity index (χ0n) is 10.3. The lowest BCUT2D eigenvalue weighted by atomic mass is 10.3. The molecule has 6 heteroatoms. The molecule has 2 aromatic heterocycles. The van der Waals surface area contributed by atoms with E-state index in [-0.39, 0.29) is 0 Å². The zero-order valence-corrected chi connectivity index (χ0v) is 10.3. The number of anilines is 2. The minimum absolute atomic E-state index is 0.320. The fourth-order valence-electron chi connectivity index (χ4n) is 1.39. The second-order valence-electron chi connectivity index (χ2n) is 3.79. The number of aryl methyl sites for hydroxylation is 1. The van der Waals surface area contributed by atoms with Crippen LogP contribution < -0.4 is 10.6 Å². The predicted octanol–water partition coefficient (Wildman–Crippen LogP) is 1.36. The van der Waals surface area contributed by atoms with E-state index < -0.39 is 11.8 Å². The molecule has 0 saturated carbocycles. The molecule has 2 heterocycles. The zero-order chi connectivity index (χ0) is 13.7. The van der Waals surface area contributed by atoms with E-state index >= 15 is 0 Å². The lowest BCUT2D eigenvalue weighted by Crippen LogP contribution is -2.30. The second-order valence-corrected chi connectivity index (χ2v) is 3.79. The summed E-state index contributed by atoms with van der Waals surface area (Å²) in [7, 11) is 0. The fraction of sp³-hybridized carbons (Fsp3) is 0.0769. The lowest BCUT2D eigenvalue weighted by molar-refractivity contribution is -0.133. The third-order valence-electron chi connectivity index (χ3n) is 2.35. The molecule has 0 bridgehead atoms.